The minimum atomic E-state index is -0.477. The molecule has 0 spiro atoms. The average molecular weight is 372 g/mol. The van der Waals surface area contributed by atoms with Crippen LogP contribution in [0.2, 0.25) is 0 Å². The molecule has 0 aliphatic carbocycles. The third-order valence-electron chi connectivity index (χ3n) is 3.62. The lowest BCUT2D eigenvalue weighted by Gasteiger charge is -2.09. The Balaban J connectivity index is 1.78. The van der Waals surface area contributed by atoms with E-state index in [2.05, 4.69) is 4.98 Å². The maximum atomic E-state index is 10.9. The van der Waals surface area contributed by atoms with Crippen LogP contribution in [0.15, 0.2) is 47.8 Å². The largest absolute Gasteiger partial charge is 0.496 e. The van der Waals surface area contributed by atoms with Crippen molar-refractivity contribution in [2.75, 3.05) is 14.2 Å². The Bertz CT molecular complexity index is 925. The van der Waals surface area contributed by atoms with Crippen LogP contribution < -0.4 is 14.2 Å². The summed E-state index contributed by atoms with van der Waals surface area (Å²) >= 11 is 1.47. The molecule has 0 unspecified atom stereocenters. The number of para-hydroxylation sites is 1. The standard InChI is InChI=1S/C18H16N2O5S/c1-23-15-6-4-3-5-14(15)18-19-12(11-26-18)10-25-17-9-13(20(21)22)7-8-16(17)24-2/h3-9,11H,10H2,1-2H3. The van der Waals surface area contributed by atoms with Crippen molar-refractivity contribution in [2.45, 2.75) is 6.61 Å². The molecule has 0 saturated heterocycles. The molecule has 3 rings (SSSR count). The van der Waals surface area contributed by atoms with Crippen molar-refractivity contribution in [3.8, 4) is 27.8 Å². The number of benzene rings is 2. The Kier molecular flexibility index (Phi) is 5.33. The molecule has 7 nitrogen and oxygen atoms in total. The van der Waals surface area contributed by atoms with Crippen molar-refractivity contribution in [1.29, 1.82) is 0 Å². The Hall–Kier alpha value is -3.13. The van der Waals surface area contributed by atoms with Crippen LogP contribution in [0, 0.1) is 10.1 Å². The quantitative estimate of drug-likeness (QED) is 0.454. The summed E-state index contributed by atoms with van der Waals surface area (Å²) in [5.41, 5.74) is 1.55. The second-order valence-corrected chi connectivity index (χ2v) is 6.08. The van der Waals surface area contributed by atoms with E-state index in [1.807, 2.05) is 29.6 Å². The van der Waals surface area contributed by atoms with E-state index in [0.717, 1.165) is 16.3 Å². The SMILES string of the molecule is COc1ccc([N+](=O)[O-])cc1OCc1csc(-c2ccccc2OC)n1. The topological polar surface area (TPSA) is 83.7 Å². The van der Waals surface area contributed by atoms with Gasteiger partial charge in [0.15, 0.2) is 11.5 Å². The van der Waals surface area contributed by atoms with Gasteiger partial charge in [0.2, 0.25) is 0 Å². The summed E-state index contributed by atoms with van der Waals surface area (Å²) in [4.78, 5) is 15.0. The second kappa shape index (κ2) is 7.83. The van der Waals surface area contributed by atoms with Gasteiger partial charge in [-0.05, 0) is 18.2 Å². The Labute approximate surface area is 153 Å². The fraction of sp³-hybridized carbons (Fsp3) is 0.167. The summed E-state index contributed by atoms with van der Waals surface area (Å²) in [5.74, 6) is 1.47. The predicted octanol–water partition coefficient (Wildman–Crippen LogP) is 4.31. The summed E-state index contributed by atoms with van der Waals surface area (Å²) in [6.07, 6.45) is 0. The number of methoxy groups -OCH3 is 2. The summed E-state index contributed by atoms with van der Waals surface area (Å²) in [6, 6.07) is 11.8. The van der Waals surface area contributed by atoms with Crippen molar-refractivity contribution in [3.63, 3.8) is 0 Å². The highest BCUT2D eigenvalue weighted by molar-refractivity contribution is 7.13. The molecule has 26 heavy (non-hydrogen) atoms. The van der Waals surface area contributed by atoms with Crippen LogP contribution in [0.5, 0.6) is 17.2 Å². The Morgan fingerprint density at radius 2 is 1.85 bits per heavy atom. The molecular formula is C18H16N2O5S. The number of hydrogen-bond acceptors (Lipinski definition) is 7. The summed E-state index contributed by atoms with van der Waals surface area (Å²) in [5, 5.41) is 13.6. The molecule has 0 saturated carbocycles. The van der Waals surface area contributed by atoms with Crippen molar-refractivity contribution < 1.29 is 19.1 Å². The van der Waals surface area contributed by atoms with Gasteiger partial charge in [-0.15, -0.1) is 11.3 Å². The van der Waals surface area contributed by atoms with Gasteiger partial charge < -0.3 is 14.2 Å². The number of nitrogens with zero attached hydrogens (tertiary/aromatic N) is 2. The molecule has 0 aliphatic heterocycles. The van der Waals surface area contributed by atoms with Crippen LogP contribution in [0.4, 0.5) is 5.69 Å². The molecule has 0 fully saturated rings. The minimum Gasteiger partial charge on any atom is -0.496 e. The minimum absolute atomic E-state index is 0.0613. The molecule has 1 aromatic heterocycles. The number of thiazole rings is 1. The lowest BCUT2D eigenvalue weighted by Crippen LogP contribution is -1.99. The molecule has 8 heteroatoms. The Morgan fingerprint density at radius 1 is 1.08 bits per heavy atom. The van der Waals surface area contributed by atoms with Gasteiger partial charge in [-0.3, -0.25) is 10.1 Å². The molecule has 0 radical (unpaired) electrons. The molecule has 0 aliphatic rings. The summed E-state index contributed by atoms with van der Waals surface area (Å²) < 4.78 is 16.2. The highest BCUT2D eigenvalue weighted by Gasteiger charge is 2.14. The van der Waals surface area contributed by atoms with Gasteiger partial charge in [0, 0.05) is 11.4 Å². The van der Waals surface area contributed by atoms with Gasteiger partial charge in [-0.25, -0.2) is 4.98 Å². The first kappa shape index (κ1) is 17.7. The second-order valence-electron chi connectivity index (χ2n) is 5.23. The molecule has 0 N–H and O–H groups in total. The van der Waals surface area contributed by atoms with Gasteiger partial charge in [0.25, 0.3) is 5.69 Å². The maximum absolute atomic E-state index is 10.9. The molecular weight excluding hydrogens is 356 g/mol. The number of ether oxygens (including phenoxy) is 3. The number of rotatable bonds is 7. The zero-order valence-corrected chi connectivity index (χ0v) is 15.0. The average Bonchev–Trinajstić information content (AvgIpc) is 3.14. The first-order chi connectivity index (χ1) is 12.6. The van der Waals surface area contributed by atoms with Gasteiger partial charge >= 0.3 is 0 Å². The number of nitro benzene ring substituents is 1. The van der Waals surface area contributed by atoms with Gasteiger partial charge in [0.05, 0.1) is 36.5 Å². The predicted molar refractivity (Wildman–Crippen MR) is 98.1 cm³/mol. The van der Waals surface area contributed by atoms with E-state index < -0.39 is 4.92 Å². The van der Waals surface area contributed by atoms with Crippen LogP contribution in [0.3, 0.4) is 0 Å². The number of hydrogen-bond donors (Lipinski definition) is 0. The van der Waals surface area contributed by atoms with E-state index in [1.165, 1.54) is 36.6 Å². The third-order valence-corrected chi connectivity index (χ3v) is 4.55. The highest BCUT2D eigenvalue weighted by Crippen LogP contribution is 2.34. The van der Waals surface area contributed by atoms with Crippen LogP contribution in [-0.2, 0) is 6.61 Å². The van der Waals surface area contributed by atoms with Crippen LogP contribution in [0.1, 0.15) is 5.69 Å². The maximum Gasteiger partial charge on any atom is 0.273 e. The highest BCUT2D eigenvalue weighted by atomic mass is 32.1. The number of aromatic nitrogens is 1. The van der Waals surface area contributed by atoms with Crippen molar-refractivity contribution in [1.82, 2.24) is 4.98 Å². The van der Waals surface area contributed by atoms with Crippen LogP contribution >= 0.6 is 11.3 Å². The molecule has 0 amide bonds. The van der Waals surface area contributed by atoms with Crippen molar-refractivity contribution in [3.05, 3.63) is 63.7 Å². The van der Waals surface area contributed by atoms with Crippen molar-refractivity contribution >= 4 is 17.0 Å². The van der Waals surface area contributed by atoms with Gasteiger partial charge in [0.1, 0.15) is 17.4 Å². The monoisotopic (exact) mass is 372 g/mol. The van der Waals surface area contributed by atoms with E-state index in [1.54, 1.807) is 7.11 Å². The van der Waals surface area contributed by atoms with Gasteiger partial charge in [-0.2, -0.15) is 0 Å². The van der Waals surface area contributed by atoms with E-state index in [-0.39, 0.29) is 12.3 Å². The van der Waals surface area contributed by atoms with E-state index >= 15 is 0 Å². The molecule has 3 aromatic rings. The fourth-order valence-corrected chi connectivity index (χ4v) is 3.20. The molecule has 0 bridgehead atoms. The van der Waals surface area contributed by atoms with Gasteiger partial charge in [-0.1, -0.05) is 12.1 Å². The number of nitro groups is 1. The first-order valence-electron chi connectivity index (χ1n) is 7.65. The van der Waals surface area contributed by atoms with Crippen LogP contribution in [-0.4, -0.2) is 24.1 Å². The molecule has 0 atom stereocenters. The zero-order chi connectivity index (χ0) is 18.5. The van der Waals surface area contributed by atoms with Crippen LogP contribution in [0.25, 0.3) is 10.6 Å². The Morgan fingerprint density at radius 3 is 2.58 bits per heavy atom. The summed E-state index contributed by atoms with van der Waals surface area (Å²) in [7, 11) is 3.10. The lowest BCUT2D eigenvalue weighted by molar-refractivity contribution is -0.385. The first-order valence-corrected chi connectivity index (χ1v) is 8.53. The zero-order valence-electron chi connectivity index (χ0n) is 14.2. The van der Waals surface area contributed by atoms with E-state index in [9.17, 15) is 10.1 Å². The summed E-state index contributed by atoms with van der Waals surface area (Å²) in [6.45, 7) is 0.170. The molecule has 134 valence electrons. The van der Waals surface area contributed by atoms with E-state index in [4.69, 9.17) is 14.2 Å². The van der Waals surface area contributed by atoms with E-state index in [0.29, 0.717) is 17.2 Å². The molecule has 2 aromatic carbocycles. The fourth-order valence-electron chi connectivity index (χ4n) is 2.36. The third kappa shape index (κ3) is 3.75. The van der Waals surface area contributed by atoms with Crippen molar-refractivity contribution in [2.24, 2.45) is 0 Å². The normalized spacial score (nSPS) is 10.4. The smallest absolute Gasteiger partial charge is 0.273 e. The number of non-ortho nitro benzene ring substituents is 1. The lowest BCUT2D eigenvalue weighted by atomic mass is 10.2. The molecule has 1 heterocycles.